The lowest BCUT2D eigenvalue weighted by molar-refractivity contribution is -0.154. The largest absolute Gasteiger partial charge is 0.478 e. The summed E-state index contributed by atoms with van der Waals surface area (Å²) in [5.41, 5.74) is 4.43. The van der Waals surface area contributed by atoms with Gasteiger partial charge in [-0.3, -0.25) is 9.59 Å². The zero-order valence-corrected chi connectivity index (χ0v) is 21.6. The molecule has 0 aliphatic carbocycles. The summed E-state index contributed by atoms with van der Waals surface area (Å²) in [6.45, 7) is 6.65. The van der Waals surface area contributed by atoms with Crippen molar-refractivity contribution in [1.82, 2.24) is 5.32 Å². The highest BCUT2D eigenvalue weighted by molar-refractivity contribution is 6.37. The number of anilines is 2. The van der Waals surface area contributed by atoms with Gasteiger partial charge in [0.1, 0.15) is 5.60 Å². The fourth-order valence-electron chi connectivity index (χ4n) is 4.10. The van der Waals surface area contributed by atoms with Crippen LogP contribution in [-0.2, 0) is 20.9 Å². The van der Waals surface area contributed by atoms with Gasteiger partial charge in [0.25, 0.3) is 5.91 Å². The molecular formula is C30H31N3O5. The first-order chi connectivity index (χ1) is 18.1. The molecule has 4 N–H and O–H groups in total. The third-order valence-electron chi connectivity index (χ3n) is 5.80. The number of carboxylic acids is 1. The summed E-state index contributed by atoms with van der Waals surface area (Å²) in [5.74, 6) is -1.59. The first kappa shape index (κ1) is 26.6. The van der Waals surface area contributed by atoms with E-state index in [2.05, 4.69) is 16.0 Å². The highest BCUT2D eigenvalue weighted by Crippen LogP contribution is 2.38. The van der Waals surface area contributed by atoms with Crippen molar-refractivity contribution in [2.24, 2.45) is 0 Å². The number of ether oxygens (including phenoxy) is 1. The van der Waals surface area contributed by atoms with Crippen LogP contribution in [0.1, 0.15) is 54.2 Å². The molecule has 1 aliphatic rings. The van der Waals surface area contributed by atoms with Gasteiger partial charge in [-0.25, -0.2) is 4.79 Å². The molecule has 0 fully saturated rings. The molecule has 1 heterocycles. The minimum atomic E-state index is -1.06. The van der Waals surface area contributed by atoms with E-state index in [0.717, 1.165) is 16.8 Å². The third-order valence-corrected chi connectivity index (χ3v) is 5.80. The Morgan fingerprint density at radius 1 is 0.947 bits per heavy atom. The second-order valence-corrected chi connectivity index (χ2v) is 9.97. The Balaban J connectivity index is 1.51. The molecule has 8 nitrogen and oxygen atoms in total. The number of benzene rings is 3. The number of hydrogen-bond donors (Lipinski definition) is 4. The van der Waals surface area contributed by atoms with E-state index in [4.69, 9.17) is 4.74 Å². The average molecular weight is 514 g/mol. The average Bonchev–Trinajstić information content (AvgIpc) is 3.20. The highest BCUT2D eigenvalue weighted by atomic mass is 16.6. The van der Waals surface area contributed by atoms with E-state index >= 15 is 0 Å². The van der Waals surface area contributed by atoms with Gasteiger partial charge < -0.3 is 25.8 Å². The highest BCUT2D eigenvalue weighted by Gasteiger charge is 2.29. The first-order valence-electron chi connectivity index (χ1n) is 12.4. The second kappa shape index (κ2) is 11.3. The molecule has 196 valence electrons. The van der Waals surface area contributed by atoms with Crippen molar-refractivity contribution >= 4 is 40.5 Å². The summed E-state index contributed by atoms with van der Waals surface area (Å²) in [5, 5.41) is 18.8. The second-order valence-electron chi connectivity index (χ2n) is 9.97. The molecule has 3 aromatic rings. The molecule has 0 spiro atoms. The Hall–Kier alpha value is -4.43. The van der Waals surface area contributed by atoms with Crippen LogP contribution in [-0.4, -0.2) is 35.1 Å². The van der Waals surface area contributed by atoms with Gasteiger partial charge in [-0.05, 0) is 56.2 Å². The topological polar surface area (TPSA) is 117 Å². The molecule has 38 heavy (non-hydrogen) atoms. The maximum absolute atomic E-state index is 13.0. The molecule has 1 amide bonds. The van der Waals surface area contributed by atoms with Crippen molar-refractivity contribution in [3.8, 4) is 0 Å². The molecule has 1 aliphatic heterocycles. The minimum Gasteiger partial charge on any atom is -0.478 e. The lowest BCUT2D eigenvalue weighted by Crippen LogP contribution is -2.26. The van der Waals surface area contributed by atoms with Crippen molar-refractivity contribution in [3.63, 3.8) is 0 Å². The van der Waals surface area contributed by atoms with Gasteiger partial charge in [-0.2, -0.15) is 0 Å². The zero-order valence-electron chi connectivity index (χ0n) is 21.6. The van der Waals surface area contributed by atoms with E-state index in [9.17, 15) is 19.5 Å². The van der Waals surface area contributed by atoms with E-state index in [1.807, 2.05) is 75.4 Å². The van der Waals surface area contributed by atoms with Crippen LogP contribution in [0.25, 0.3) is 11.3 Å². The fraction of sp³-hybridized carbons (Fsp3) is 0.233. The number of carbonyl (C=O) groups is 3. The van der Waals surface area contributed by atoms with Gasteiger partial charge in [0.2, 0.25) is 0 Å². The van der Waals surface area contributed by atoms with Crippen LogP contribution in [0, 0.1) is 0 Å². The molecule has 8 heteroatoms. The molecular weight excluding hydrogens is 482 g/mol. The number of esters is 1. The normalized spacial score (nSPS) is 13.9. The number of hydrogen-bond acceptors (Lipinski definition) is 6. The lowest BCUT2D eigenvalue weighted by atomic mass is 9.99. The molecule has 0 atom stereocenters. The number of rotatable bonds is 9. The molecule has 4 rings (SSSR count). The van der Waals surface area contributed by atoms with Gasteiger partial charge in [0, 0.05) is 24.3 Å². The SMILES string of the molecule is CC(C)(C)OC(=O)CCNCc1ccc(N/C(=C2\C(=O)Nc3cc(C(=O)O)ccc32)c2ccccc2)cc1. The van der Waals surface area contributed by atoms with Crippen LogP contribution in [0.15, 0.2) is 72.8 Å². The maximum atomic E-state index is 13.0. The van der Waals surface area contributed by atoms with E-state index in [0.29, 0.717) is 42.0 Å². The predicted molar refractivity (Wildman–Crippen MR) is 148 cm³/mol. The molecule has 0 radical (unpaired) electrons. The van der Waals surface area contributed by atoms with Crippen molar-refractivity contribution < 1.29 is 24.2 Å². The van der Waals surface area contributed by atoms with Crippen molar-refractivity contribution in [1.29, 1.82) is 0 Å². The van der Waals surface area contributed by atoms with Crippen LogP contribution in [0.2, 0.25) is 0 Å². The summed E-state index contributed by atoms with van der Waals surface area (Å²) in [7, 11) is 0. The predicted octanol–water partition coefficient (Wildman–Crippen LogP) is 5.14. The third kappa shape index (κ3) is 6.66. The van der Waals surface area contributed by atoms with Crippen molar-refractivity contribution in [3.05, 3.63) is 95.1 Å². The molecule has 0 saturated carbocycles. The molecule has 3 aromatic carbocycles. The monoisotopic (exact) mass is 513 g/mol. The van der Waals surface area contributed by atoms with Crippen molar-refractivity contribution in [2.45, 2.75) is 39.3 Å². The quantitative estimate of drug-likeness (QED) is 0.178. The van der Waals surface area contributed by atoms with Gasteiger partial charge >= 0.3 is 11.9 Å². The minimum absolute atomic E-state index is 0.106. The van der Waals surface area contributed by atoms with E-state index in [-0.39, 0.29) is 17.4 Å². The lowest BCUT2D eigenvalue weighted by Gasteiger charge is -2.19. The van der Waals surface area contributed by atoms with E-state index in [1.165, 1.54) is 12.1 Å². The van der Waals surface area contributed by atoms with Crippen LogP contribution in [0.4, 0.5) is 11.4 Å². The number of carbonyl (C=O) groups excluding carboxylic acids is 2. The fourth-order valence-corrected chi connectivity index (χ4v) is 4.10. The smallest absolute Gasteiger partial charge is 0.335 e. The maximum Gasteiger partial charge on any atom is 0.335 e. The summed E-state index contributed by atoms with van der Waals surface area (Å²) < 4.78 is 5.32. The van der Waals surface area contributed by atoms with Gasteiger partial charge in [-0.15, -0.1) is 0 Å². The van der Waals surface area contributed by atoms with Crippen molar-refractivity contribution in [2.75, 3.05) is 17.2 Å². The number of fused-ring (bicyclic) bond motifs is 1. The van der Waals surface area contributed by atoms with Gasteiger partial charge in [-0.1, -0.05) is 48.5 Å². The molecule has 0 unspecified atom stereocenters. The Bertz CT molecular complexity index is 1370. The van der Waals surface area contributed by atoms with Crippen LogP contribution >= 0.6 is 0 Å². The summed E-state index contributed by atoms with van der Waals surface area (Å²) in [6, 6.07) is 21.9. The number of aromatic carboxylic acids is 1. The summed E-state index contributed by atoms with van der Waals surface area (Å²) in [4.78, 5) is 36.3. The molecule has 0 saturated heterocycles. The zero-order chi connectivity index (χ0) is 27.3. The summed E-state index contributed by atoms with van der Waals surface area (Å²) >= 11 is 0. The first-order valence-corrected chi connectivity index (χ1v) is 12.4. The Morgan fingerprint density at radius 3 is 2.32 bits per heavy atom. The van der Waals surface area contributed by atoms with E-state index < -0.39 is 11.6 Å². The van der Waals surface area contributed by atoms with Gasteiger partial charge in [0.15, 0.2) is 0 Å². The standard InChI is InChI=1S/C30H31N3O5/c1-30(2,3)38-25(34)15-16-31-18-19-9-12-22(13-10-19)32-27(20-7-5-4-6-8-20)26-23-14-11-21(29(36)37)17-24(23)33-28(26)35/h4-14,17,31-32H,15-16,18H2,1-3H3,(H,33,35)(H,36,37)/b27-26-. The van der Waals surface area contributed by atoms with Crippen LogP contribution in [0.5, 0.6) is 0 Å². The van der Waals surface area contributed by atoms with E-state index in [1.54, 1.807) is 6.07 Å². The van der Waals surface area contributed by atoms with Crippen LogP contribution < -0.4 is 16.0 Å². The number of nitrogens with one attached hydrogen (secondary N) is 3. The Morgan fingerprint density at radius 2 is 1.66 bits per heavy atom. The van der Waals surface area contributed by atoms with Crippen LogP contribution in [0.3, 0.4) is 0 Å². The number of carboxylic acid groups (broad SMARTS) is 1. The number of amides is 1. The molecule has 0 aromatic heterocycles. The molecule has 0 bridgehead atoms. The Labute approximate surface area is 221 Å². The Kier molecular flexibility index (Phi) is 7.93. The van der Waals surface area contributed by atoms with Gasteiger partial charge in [0.05, 0.1) is 28.9 Å². The summed E-state index contributed by atoms with van der Waals surface area (Å²) in [6.07, 6.45) is 0.294.